The van der Waals surface area contributed by atoms with Crippen molar-refractivity contribution in [1.82, 2.24) is 0 Å². The van der Waals surface area contributed by atoms with Crippen LogP contribution in [0.2, 0.25) is 0 Å². The SMILES string of the molecule is COc1cc2c(c(OC)c1OC)NC1(CCCCC1)C2=O. The Morgan fingerprint density at radius 3 is 2.24 bits per heavy atom. The van der Waals surface area contributed by atoms with Crippen LogP contribution in [0.3, 0.4) is 0 Å². The van der Waals surface area contributed by atoms with Gasteiger partial charge in [-0.1, -0.05) is 19.3 Å². The molecule has 0 bridgehead atoms. The molecule has 0 aromatic heterocycles. The number of rotatable bonds is 3. The van der Waals surface area contributed by atoms with E-state index >= 15 is 0 Å². The zero-order valence-electron chi connectivity index (χ0n) is 12.7. The number of carbonyl (C=O) groups is 1. The quantitative estimate of drug-likeness (QED) is 0.927. The lowest BCUT2D eigenvalue weighted by Gasteiger charge is -2.32. The van der Waals surface area contributed by atoms with Crippen molar-refractivity contribution in [3.05, 3.63) is 11.6 Å². The summed E-state index contributed by atoms with van der Waals surface area (Å²) in [5.74, 6) is 1.74. The van der Waals surface area contributed by atoms with Crippen molar-refractivity contribution in [2.24, 2.45) is 0 Å². The number of ether oxygens (including phenoxy) is 3. The Balaban J connectivity index is 2.13. The van der Waals surface area contributed by atoms with Gasteiger partial charge in [0.2, 0.25) is 5.75 Å². The molecule has 1 saturated carbocycles. The predicted molar refractivity (Wildman–Crippen MR) is 79.9 cm³/mol. The molecule has 1 heterocycles. The van der Waals surface area contributed by atoms with Gasteiger partial charge in [-0.05, 0) is 18.9 Å². The lowest BCUT2D eigenvalue weighted by Crippen LogP contribution is -2.43. The molecule has 21 heavy (non-hydrogen) atoms. The Bertz CT molecular complexity index is 576. The largest absolute Gasteiger partial charge is 0.493 e. The van der Waals surface area contributed by atoms with Crippen LogP contribution in [0, 0.1) is 0 Å². The molecule has 2 aliphatic rings. The average Bonchev–Trinajstić information content (AvgIpc) is 2.78. The number of anilines is 1. The summed E-state index contributed by atoms with van der Waals surface area (Å²) < 4.78 is 16.2. The number of hydrogen-bond donors (Lipinski definition) is 1. The number of benzene rings is 1. The standard InChI is InChI=1S/C16H21NO4/c1-19-11-9-10-12(14(21-3)13(11)20-2)17-16(15(10)18)7-5-4-6-8-16/h9,17H,4-8H2,1-3H3. The zero-order chi connectivity index (χ0) is 15.0. The normalized spacial score (nSPS) is 19.1. The van der Waals surface area contributed by atoms with Crippen molar-refractivity contribution in [2.45, 2.75) is 37.6 Å². The van der Waals surface area contributed by atoms with E-state index in [1.165, 1.54) is 6.42 Å². The van der Waals surface area contributed by atoms with Crippen molar-refractivity contribution in [3.8, 4) is 17.2 Å². The second-order valence-electron chi connectivity index (χ2n) is 5.66. The number of nitrogens with one attached hydrogen (secondary N) is 1. The van der Waals surface area contributed by atoms with Gasteiger partial charge >= 0.3 is 0 Å². The molecule has 0 saturated heterocycles. The van der Waals surface area contributed by atoms with Crippen LogP contribution in [0.25, 0.3) is 0 Å². The van der Waals surface area contributed by atoms with E-state index in [4.69, 9.17) is 14.2 Å². The lowest BCUT2D eigenvalue weighted by atomic mass is 9.79. The van der Waals surface area contributed by atoms with Gasteiger partial charge in [0.05, 0.1) is 32.6 Å². The minimum atomic E-state index is -0.467. The molecule has 5 heteroatoms. The van der Waals surface area contributed by atoms with E-state index in [9.17, 15) is 4.79 Å². The van der Waals surface area contributed by atoms with Gasteiger partial charge in [-0.3, -0.25) is 4.79 Å². The molecule has 1 spiro atoms. The van der Waals surface area contributed by atoms with E-state index in [0.29, 0.717) is 22.8 Å². The third-order valence-electron chi connectivity index (χ3n) is 4.58. The number of fused-ring (bicyclic) bond motifs is 1. The summed E-state index contributed by atoms with van der Waals surface area (Å²) in [6.07, 6.45) is 5.08. The van der Waals surface area contributed by atoms with Crippen molar-refractivity contribution >= 4 is 11.5 Å². The summed E-state index contributed by atoms with van der Waals surface area (Å²) in [6.45, 7) is 0. The Labute approximate surface area is 124 Å². The van der Waals surface area contributed by atoms with E-state index in [0.717, 1.165) is 31.4 Å². The van der Waals surface area contributed by atoms with E-state index in [1.807, 2.05) is 0 Å². The number of carbonyl (C=O) groups excluding carboxylic acids is 1. The van der Waals surface area contributed by atoms with Crippen LogP contribution in [0.1, 0.15) is 42.5 Å². The summed E-state index contributed by atoms with van der Waals surface area (Å²) >= 11 is 0. The summed E-state index contributed by atoms with van der Waals surface area (Å²) in [6, 6.07) is 1.76. The molecule has 0 atom stereocenters. The molecule has 0 amide bonds. The van der Waals surface area contributed by atoms with E-state index < -0.39 is 5.54 Å². The molecule has 1 aliphatic carbocycles. The van der Waals surface area contributed by atoms with Crippen LogP contribution in [-0.2, 0) is 0 Å². The van der Waals surface area contributed by atoms with Crippen LogP contribution < -0.4 is 19.5 Å². The zero-order valence-corrected chi connectivity index (χ0v) is 12.7. The van der Waals surface area contributed by atoms with Gasteiger partial charge in [0.25, 0.3) is 0 Å². The predicted octanol–water partition coefficient (Wildman–Crippen LogP) is 3.02. The lowest BCUT2D eigenvalue weighted by molar-refractivity contribution is 0.0886. The summed E-state index contributed by atoms with van der Waals surface area (Å²) in [5, 5.41) is 3.44. The molecular formula is C16H21NO4. The van der Waals surface area contributed by atoms with Gasteiger partial charge < -0.3 is 19.5 Å². The molecule has 0 radical (unpaired) electrons. The van der Waals surface area contributed by atoms with Crippen LogP contribution >= 0.6 is 0 Å². The van der Waals surface area contributed by atoms with Crippen LogP contribution in [0.15, 0.2) is 6.07 Å². The first kappa shape index (κ1) is 14.0. The highest BCUT2D eigenvalue weighted by atomic mass is 16.5. The van der Waals surface area contributed by atoms with Crippen molar-refractivity contribution < 1.29 is 19.0 Å². The highest BCUT2D eigenvalue weighted by Crippen LogP contribution is 2.52. The van der Waals surface area contributed by atoms with Gasteiger partial charge in [-0.25, -0.2) is 0 Å². The summed E-state index contributed by atoms with van der Waals surface area (Å²) in [7, 11) is 4.71. The van der Waals surface area contributed by atoms with Crippen LogP contribution in [-0.4, -0.2) is 32.7 Å². The van der Waals surface area contributed by atoms with E-state index in [-0.39, 0.29) is 5.78 Å². The summed E-state index contributed by atoms with van der Waals surface area (Å²) in [4.78, 5) is 12.9. The number of hydrogen-bond acceptors (Lipinski definition) is 5. The third kappa shape index (κ3) is 1.94. The highest BCUT2D eigenvalue weighted by Gasteiger charge is 2.47. The molecule has 1 aliphatic heterocycles. The topological polar surface area (TPSA) is 56.8 Å². The molecule has 1 aromatic carbocycles. The first-order valence-electron chi connectivity index (χ1n) is 7.33. The molecule has 1 aromatic rings. The van der Waals surface area contributed by atoms with Gasteiger partial charge in [-0.2, -0.15) is 0 Å². The fourth-order valence-electron chi connectivity index (χ4n) is 3.52. The minimum absolute atomic E-state index is 0.149. The van der Waals surface area contributed by atoms with Gasteiger partial charge in [0.15, 0.2) is 17.3 Å². The average molecular weight is 291 g/mol. The number of Topliss-reactive ketones (excluding diaryl/α,β-unsaturated/α-hetero) is 1. The maximum absolute atomic E-state index is 12.9. The molecular weight excluding hydrogens is 270 g/mol. The Kier molecular flexibility index (Phi) is 3.43. The molecule has 1 fully saturated rings. The number of ketones is 1. The second kappa shape index (κ2) is 5.13. The molecule has 3 rings (SSSR count). The van der Waals surface area contributed by atoms with E-state index in [2.05, 4.69) is 5.32 Å². The third-order valence-corrected chi connectivity index (χ3v) is 4.58. The fraction of sp³-hybridized carbons (Fsp3) is 0.562. The summed E-state index contributed by atoms with van der Waals surface area (Å²) in [5.41, 5.74) is 0.916. The maximum atomic E-state index is 12.9. The molecule has 1 N–H and O–H groups in total. The Morgan fingerprint density at radius 2 is 1.67 bits per heavy atom. The Hall–Kier alpha value is -1.91. The maximum Gasteiger partial charge on any atom is 0.205 e. The minimum Gasteiger partial charge on any atom is -0.493 e. The smallest absolute Gasteiger partial charge is 0.205 e. The van der Waals surface area contributed by atoms with E-state index in [1.54, 1.807) is 27.4 Å². The monoisotopic (exact) mass is 291 g/mol. The second-order valence-corrected chi connectivity index (χ2v) is 5.66. The number of methoxy groups -OCH3 is 3. The van der Waals surface area contributed by atoms with Crippen LogP contribution in [0.4, 0.5) is 5.69 Å². The fourth-order valence-corrected chi connectivity index (χ4v) is 3.52. The van der Waals surface area contributed by atoms with Gasteiger partial charge in [0, 0.05) is 0 Å². The highest BCUT2D eigenvalue weighted by molar-refractivity contribution is 6.15. The molecule has 114 valence electrons. The van der Waals surface area contributed by atoms with Crippen molar-refractivity contribution in [1.29, 1.82) is 0 Å². The van der Waals surface area contributed by atoms with Gasteiger partial charge in [-0.15, -0.1) is 0 Å². The van der Waals surface area contributed by atoms with Gasteiger partial charge in [0.1, 0.15) is 5.54 Å². The molecule has 0 unspecified atom stereocenters. The Morgan fingerprint density at radius 1 is 1.00 bits per heavy atom. The molecule has 5 nitrogen and oxygen atoms in total. The first-order valence-corrected chi connectivity index (χ1v) is 7.33. The first-order chi connectivity index (χ1) is 10.2. The van der Waals surface area contributed by atoms with Crippen molar-refractivity contribution in [3.63, 3.8) is 0 Å². The van der Waals surface area contributed by atoms with Crippen LogP contribution in [0.5, 0.6) is 17.2 Å². The van der Waals surface area contributed by atoms with Crippen molar-refractivity contribution in [2.75, 3.05) is 26.6 Å².